The summed E-state index contributed by atoms with van der Waals surface area (Å²) < 4.78 is 0. The van der Waals surface area contributed by atoms with Crippen molar-refractivity contribution < 1.29 is 9.72 Å². The van der Waals surface area contributed by atoms with Crippen molar-refractivity contribution in [3.63, 3.8) is 0 Å². The van der Waals surface area contributed by atoms with E-state index in [-0.39, 0.29) is 21.8 Å². The third kappa shape index (κ3) is 4.50. The highest BCUT2D eigenvalue weighted by Gasteiger charge is 2.32. The minimum Gasteiger partial charge on any atom is -0.323 e. The number of rotatable bonds is 3. The van der Waals surface area contributed by atoms with Crippen LogP contribution in [-0.4, -0.2) is 15.9 Å². The number of hydrogen-bond donors (Lipinski definition) is 2. The summed E-state index contributed by atoms with van der Waals surface area (Å²) in [6, 6.07) is 7.93. The summed E-state index contributed by atoms with van der Waals surface area (Å²) in [6.07, 6.45) is 2.78. The molecule has 3 rings (SSSR count). The molecule has 2 aromatic rings. The van der Waals surface area contributed by atoms with E-state index in [0.717, 1.165) is 24.8 Å². The molecule has 1 aliphatic carbocycles. The molecule has 0 bridgehead atoms. The molecule has 1 aromatic carbocycles. The van der Waals surface area contributed by atoms with Gasteiger partial charge in [-0.1, -0.05) is 32.9 Å². The molecule has 0 aliphatic heterocycles. The number of hydrogen-bond acceptors (Lipinski definition) is 6. The molecule has 0 spiro atoms. The Labute approximate surface area is 184 Å². The van der Waals surface area contributed by atoms with E-state index < -0.39 is 10.8 Å². The van der Waals surface area contributed by atoms with Crippen LogP contribution in [0.3, 0.4) is 0 Å². The normalized spacial score (nSPS) is 15.6. The van der Waals surface area contributed by atoms with Gasteiger partial charge in [-0.05, 0) is 54.4 Å². The number of anilines is 1. The van der Waals surface area contributed by atoms with Crippen molar-refractivity contribution >= 4 is 45.3 Å². The average Bonchev–Trinajstić information content (AvgIpc) is 3.02. The fraction of sp³-hybridized carbons (Fsp3) is 0.381. The predicted molar refractivity (Wildman–Crippen MR) is 121 cm³/mol. The van der Waals surface area contributed by atoms with E-state index in [4.69, 9.17) is 12.2 Å². The first-order valence-electron chi connectivity index (χ1n) is 9.52. The zero-order valence-corrected chi connectivity index (χ0v) is 18.6. The SMILES string of the molecule is CC(C)(C)[C@H]1CCc2c(sc(NC(=S)NC(=O)c3ccccc3[N+](=O)[O-])c2C#N)C1. The van der Waals surface area contributed by atoms with Gasteiger partial charge in [0.1, 0.15) is 16.6 Å². The molecule has 1 atom stereocenters. The monoisotopic (exact) mass is 442 g/mol. The minimum atomic E-state index is -0.674. The van der Waals surface area contributed by atoms with E-state index in [0.29, 0.717) is 16.5 Å². The van der Waals surface area contributed by atoms with Gasteiger partial charge in [-0.25, -0.2) is 0 Å². The predicted octanol–water partition coefficient (Wildman–Crippen LogP) is 4.81. The first kappa shape index (κ1) is 21.9. The summed E-state index contributed by atoms with van der Waals surface area (Å²) in [5.41, 5.74) is 1.43. The second kappa shape index (κ2) is 8.50. The van der Waals surface area contributed by atoms with E-state index in [2.05, 4.69) is 37.5 Å². The molecular weight excluding hydrogens is 420 g/mol. The standard InChI is InChI=1S/C21H22N4O3S2/c1-21(2,3)12-8-9-13-15(11-22)19(30-17(13)10-12)24-20(29)23-18(26)14-6-4-5-7-16(14)25(27)28/h4-7,12H,8-10H2,1-3H3,(H2,23,24,26,29)/t12-/m0/s1. The van der Waals surface area contributed by atoms with Crippen LogP contribution >= 0.6 is 23.6 Å². The van der Waals surface area contributed by atoms with Crippen molar-refractivity contribution in [1.29, 1.82) is 5.26 Å². The van der Waals surface area contributed by atoms with Gasteiger partial charge in [0.25, 0.3) is 11.6 Å². The van der Waals surface area contributed by atoms with Crippen LogP contribution in [0.1, 0.15) is 53.6 Å². The number of nitro benzene ring substituents is 1. The fourth-order valence-corrected chi connectivity index (χ4v) is 5.20. The number of nitrogens with one attached hydrogen (secondary N) is 2. The second-order valence-electron chi connectivity index (χ2n) is 8.31. The van der Waals surface area contributed by atoms with Crippen LogP contribution in [0.2, 0.25) is 0 Å². The van der Waals surface area contributed by atoms with Crippen molar-refractivity contribution in [2.75, 3.05) is 5.32 Å². The molecule has 1 amide bonds. The Morgan fingerprint density at radius 2 is 2.07 bits per heavy atom. The summed E-state index contributed by atoms with van der Waals surface area (Å²) in [6.45, 7) is 6.69. The maximum atomic E-state index is 12.5. The highest BCUT2D eigenvalue weighted by molar-refractivity contribution is 7.80. The lowest BCUT2D eigenvalue weighted by atomic mass is 9.72. The summed E-state index contributed by atoms with van der Waals surface area (Å²) in [4.78, 5) is 24.2. The molecule has 0 fully saturated rings. The van der Waals surface area contributed by atoms with Crippen molar-refractivity contribution in [1.82, 2.24) is 5.32 Å². The molecule has 2 N–H and O–H groups in total. The van der Waals surface area contributed by atoms with Gasteiger partial charge in [-0.3, -0.25) is 20.2 Å². The number of carbonyl (C=O) groups excluding carboxylic acids is 1. The highest BCUT2D eigenvalue weighted by atomic mass is 32.1. The molecule has 9 heteroatoms. The Hall–Kier alpha value is -2.83. The molecular formula is C21H22N4O3S2. The highest BCUT2D eigenvalue weighted by Crippen LogP contribution is 2.43. The topological polar surface area (TPSA) is 108 Å². The molecule has 0 radical (unpaired) electrons. The maximum absolute atomic E-state index is 12.5. The number of carbonyl (C=O) groups is 1. The van der Waals surface area contributed by atoms with E-state index in [9.17, 15) is 20.2 Å². The van der Waals surface area contributed by atoms with Gasteiger partial charge in [-0.2, -0.15) is 5.26 Å². The summed E-state index contributed by atoms with van der Waals surface area (Å²) in [5, 5.41) is 26.8. The lowest BCUT2D eigenvalue weighted by Crippen LogP contribution is -2.34. The van der Waals surface area contributed by atoms with Crippen molar-refractivity contribution in [2.24, 2.45) is 11.3 Å². The van der Waals surface area contributed by atoms with Gasteiger partial charge < -0.3 is 5.32 Å². The van der Waals surface area contributed by atoms with Gasteiger partial charge >= 0.3 is 0 Å². The first-order chi connectivity index (χ1) is 14.1. The van der Waals surface area contributed by atoms with Gasteiger partial charge in [-0.15, -0.1) is 11.3 Å². The van der Waals surface area contributed by atoms with E-state index in [1.807, 2.05) is 0 Å². The molecule has 0 unspecified atom stereocenters. The number of nitrogens with zero attached hydrogens (tertiary/aromatic N) is 2. The summed E-state index contributed by atoms with van der Waals surface area (Å²) in [5.74, 6) is -0.138. The van der Waals surface area contributed by atoms with Crippen LogP contribution in [0.4, 0.5) is 10.7 Å². The number of para-hydroxylation sites is 1. The number of fused-ring (bicyclic) bond motifs is 1. The Morgan fingerprint density at radius 3 is 2.70 bits per heavy atom. The number of amides is 1. The number of thiophene rings is 1. The third-order valence-electron chi connectivity index (χ3n) is 5.40. The Balaban J connectivity index is 1.77. The van der Waals surface area contributed by atoms with E-state index in [1.54, 1.807) is 6.07 Å². The molecule has 1 heterocycles. The maximum Gasteiger partial charge on any atom is 0.282 e. The van der Waals surface area contributed by atoms with Crippen LogP contribution in [0, 0.1) is 32.8 Å². The van der Waals surface area contributed by atoms with Crippen LogP contribution in [0.5, 0.6) is 0 Å². The van der Waals surface area contributed by atoms with Crippen LogP contribution in [0.15, 0.2) is 24.3 Å². The van der Waals surface area contributed by atoms with Gasteiger partial charge in [0.2, 0.25) is 0 Å². The zero-order chi connectivity index (χ0) is 22.1. The number of nitriles is 1. The summed E-state index contributed by atoms with van der Waals surface area (Å²) >= 11 is 6.72. The van der Waals surface area contributed by atoms with Crippen molar-refractivity contribution in [2.45, 2.75) is 40.0 Å². The lowest BCUT2D eigenvalue weighted by molar-refractivity contribution is -0.385. The molecule has 1 aliphatic rings. The van der Waals surface area contributed by atoms with Gasteiger partial charge in [0.15, 0.2) is 5.11 Å². The second-order valence-corrected chi connectivity index (χ2v) is 9.82. The third-order valence-corrected chi connectivity index (χ3v) is 6.78. The summed E-state index contributed by atoms with van der Waals surface area (Å²) in [7, 11) is 0. The van der Waals surface area contributed by atoms with Crippen LogP contribution < -0.4 is 10.6 Å². The van der Waals surface area contributed by atoms with Gasteiger partial charge in [0.05, 0.1) is 10.5 Å². The molecule has 7 nitrogen and oxygen atoms in total. The Bertz CT molecular complexity index is 1060. The molecule has 0 saturated heterocycles. The lowest BCUT2D eigenvalue weighted by Gasteiger charge is -2.33. The quantitative estimate of drug-likeness (QED) is 0.401. The van der Waals surface area contributed by atoms with Crippen LogP contribution in [-0.2, 0) is 12.8 Å². The smallest absolute Gasteiger partial charge is 0.282 e. The van der Waals surface area contributed by atoms with Crippen LogP contribution in [0.25, 0.3) is 0 Å². The van der Waals surface area contributed by atoms with Crippen molar-refractivity contribution in [3.8, 4) is 6.07 Å². The number of thiocarbonyl (C=S) groups is 1. The van der Waals surface area contributed by atoms with Gasteiger partial charge in [0, 0.05) is 10.9 Å². The van der Waals surface area contributed by atoms with E-state index in [1.165, 1.54) is 34.4 Å². The fourth-order valence-electron chi connectivity index (χ4n) is 3.66. The Kier molecular flexibility index (Phi) is 6.19. The van der Waals surface area contributed by atoms with E-state index >= 15 is 0 Å². The largest absolute Gasteiger partial charge is 0.323 e. The first-order valence-corrected chi connectivity index (χ1v) is 10.7. The molecule has 156 valence electrons. The zero-order valence-electron chi connectivity index (χ0n) is 16.9. The number of benzene rings is 1. The number of nitro groups is 1. The van der Waals surface area contributed by atoms with Crippen molar-refractivity contribution in [3.05, 3.63) is 55.9 Å². The molecule has 1 aromatic heterocycles. The molecule has 0 saturated carbocycles. The Morgan fingerprint density at radius 1 is 1.37 bits per heavy atom. The molecule has 30 heavy (non-hydrogen) atoms. The average molecular weight is 443 g/mol. The minimum absolute atomic E-state index is 0.000573.